The largest absolute Gasteiger partial charge is 0.381 e. The summed E-state index contributed by atoms with van der Waals surface area (Å²) in [5.74, 6) is 0.629. The summed E-state index contributed by atoms with van der Waals surface area (Å²) in [6.07, 6.45) is 11.9. The Kier molecular flexibility index (Phi) is 7.87. The maximum atomic E-state index is 6.21. The predicted octanol–water partition coefficient (Wildman–Crippen LogP) is 3.49. The van der Waals surface area contributed by atoms with E-state index in [1.807, 2.05) is 0 Å². The summed E-state index contributed by atoms with van der Waals surface area (Å²) in [4.78, 5) is 0. The van der Waals surface area contributed by atoms with Crippen molar-refractivity contribution in [3.05, 3.63) is 0 Å². The van der Waals surface area contributed by atoms with Gasteiger partial charge < -0.3 is 10.5 Å². The summed E-state index contributed by atoms with van der Waals surface area (Å²) in [5.41, 5.74) is 6.21. The molecule has 0 radical (unpaired) electrons. The van der Waals surface area contributed by atoms with Crippen LogP contribution in [0.5, 0.6) is 0 Å². The molecule has 2 atom stereocenters. The van der Waals surface area contributed by atoms with Crippen LogP contribution >= 0.6 is 0 Å². The van der Waals surface area contributed by atoms with Crippen LogP contribution in [0.1, 0.15) is 64.7 Å². The Morgan fingerprint density at radius 1 is 1.19 bits per heavy atom. The van der Waals surface area contributed by atoms with Gasteiger partial charge in [-0.15, -0.1) is 0 Å². The second-order valence-electron chi connectivity index (χ2n) is 5.20. The molecule has 1 aliphatic rings. The van der Waals surface area contributed by atoms with Gasteiger partial charge >= 0.3 is 0 Å². The summed E-state index contributed by atoms with van der Waals surface area (Å²) < 4.78 is 5.48. The van der Waals surface area contributed by atoms with Crippen LogP contribution in [0.3, 0.4) is 0 Å². The fraction of sp³-hybridized carbons (Fsp3) is 1.00. The van der Waals surface area contributed by atoms with Crippen LogP contribution in [-0.4, -0.2) is 19.3 Å². The smallest absolute Gasteiger partial charge is 0.0509 e. The van der Waals surface area contributed by atoms with Crippen LogP contribution in [-0.2, 0) is 4.74 Å². The average Bonchev–Trinajstić information content (AvgIpc) is 2.34. The maximum Gasteiger partial charge on any atom is 0.0509 e. The first-order valence-corrected chi connectivity index (χ1v) is 7.18. The molecular weight excluding hydrogens is 198 g/mol. The van der Waals surface area contributed by atoms with E-state index in [2.05, 4.69) is 6.92 Å². The van der Waals surface area contributed by atoms with Crippen LogP contribution in [0.2, 0.25) is 0 Å². The maximum absolute atomic E-state index is 6.21. The quantitative estimate of drug-likeness (QED) is 0.644. The molecule has 0 aromatic heterocycles. The molecule has 2 heteroatoms. The lowest BCUT2D eigenvalue weighted by Crippen LogP contribution is -2.35. The molecule has 0 aromatic rings. The second-order valence-corrected chi connectivity index (χ2v) is 5.20. The van der Waals surface area contributed by atoms with Crippen molar-refractivity contribution in [1.82, 2.24) is 0 Å². The van der Waals surface area contributed by atoms with Crippen LogP contribution in [0.15, 0.2) is 0 Å². The standard InChI is InChI=1S/C14H29NO/c1-2-3-4-5-6-7-10-14(15)13-9-8-11-16-12-13/h13-14H,2-12,15H2,1H3. The highest BCUT2D eigenvalue weighted by molar-refractivity contribution is 4.75. The van der Waals surface area contributed by atoms with E-state index in [9.17, 15) is 0 Å². The molecule has 1 aliphatic heterocycles. The highest BCUT2D eigenvalue weighted by Crippen LogP contribution is 2.20. The molecule has 2 nitrogen and oxygen atoms in total. The van der Waals surface area contributed by atoms with Crippen molar-refractivity contribution in [2.75, 3.05) is 13.2 Å². The minimum Gasteiger partial charge on any atom is -0.381 e. The van der Waals surface area contributed by atoms with Crippen molar-refractivity contribution in [3.63, 3.8) is 0 Å². The monoisotopic (exact) mass is 227 g/mol. The Balaban J connectivity index is 1.94. The lowest BCUT2D eigenvalue weighted by atomic mass is 9.90. The number of unbranched alkanes of at least 4 members (excludes halogenated alkanes) is 5. The Morgan fingerprint density at radius 2 is 1.94 bits per heavy atom. The fourth-order valence-electron chi connectivity index (χ4n) is 2.50. The summed E-state index contributed by atoms with van der Waals surface area (Å²) in [5, 5.41) is 0. The molecule has 0 spiro atoms. The lowest BCUT2D eigenvalue weighted by Gasteiger charge is -2.27. The molecule has 1 fully saturated rings. The minimum atomic E-state index is 0.381. The van der Waals surface area contributed by atoms with Crippen LogP contribution < -0.4 is 5.73 Å². The lowest BCUT2D eigenvalue weighted by molar-refractivity contribution is 0.0435. The molecule has 1 rings (SSSR count). The summed E-state index contributed by atoms with van der Waals surface area (Å²) in [6.45, 7) is 4.11. The zero-order chi connectivity index (χ0) is 11.6. The highest BCUT2D eigenvalue weighted by atomic mass is 16.5. The molecule has 16 heavy (non-hydrogen) atoms. The van der Waals surface area contributed by atoms with Gasteiger partial charge in [0.15, 0.2) is 0 Å². The molecule has 0 bridgehead atoms. The van der Waals surface area contributed by atoms with Gasteiger partial charge in [-0.1, -0.05) is 45.4 Å². The van der Waals surface area contributed by atoms with E-state index in [4.69, 9.17) is 10.5 Å². The SMILES string of the molecule is CCCCCCCCC(N)C1CCCOC1. The van der Waals surface area contributed by atoms with E-state index in [-0.39, 0.29) is 0 Å². The van der Waals surface area contributed by atoms with Gasteiger partial charge in [-0.3, -0.25) is 0 Å². The number of rotatable bonds is 8. The van der Waals surface area contributed by atoms with Crippen molar-refractivity contribution >= 4 is 0 Å². The van der Waals surface area contributed by atoms with Gasteiger partial charge in [0.1, 0.15) is 0 Å². The summed E-state index contributed by atoms with van der Waals surface area (Å²) in [7, 11) is 0. The number of nitrogens with two attached hydrogens (primary N) is 1. The first-order chi connectivity index (χ1) is 7.84. The molecule has 0 aromatic carbocycles. The van der Waals surface area contributed by atoms with E-state index in [0.29, 0.717) is 12.0 Å². The van der Waals surface area contributed by atoms with Gasteiger partial charge in [-0.2, -0.15) is 0 Å². The molecule has 2 unspecified atom stereocenters. The number of ether oxygens (including phenoxy) is 1. The minimum absolute atomic E-state index is 0.381. The Labute approximate surface area is 101 Å². The molecule has 0 saturated carbocycles. The molecule has 1 heterocycles. The van der Waals surface area contributed by atoms with E-state index in [1.54, 1.807) is 0 Å². The zero-order valence-corrected chi connectivity index (χ0v) is 10.9. The Morgan fingerprint density at radius 3 is 2.62 bits per heavy atom. The van der Waals surface area contributed by atoms with Crippen molar-refractivity contribution in [1.29, 1.82) is 0 Å². The molecule has 2 N–H and O–H groups in total. The first kappa shape index (κ1) is 14.0. The Hall–Kier alpha value is -0.0800. The van der Waals surface area contributed by atoms with Gasteiger partial charge in [0.25, 0.3) is 0 Å². The number of hydrogen-bond donors (Lipinski definition) is 1. The van der Waals surface area contributed by atoms with E-state index >= 15 is 0 Å². The van der Waals surface area contributed by atoms with Crippen molar-refractivity contribution < 1.29 is 4.74 Å². The van der Waals surface area contributed by atoms with Gasteiger partial charge in [-0.25, -0.2) is 0 Å². The second kappa shape index (κ2) is 9.00. The van der Waals surface area contributed by atoms with E-state index < -0.39 is 0 Å². The summed E-state index contributed by atoms with van der Waals surface area (Å²) in [6, 6.07) is 0.381. The normalized spacial score (nSPS) is 23.2. The van der Waals surface area contributed by atoms with Crippen LogP contribution in [0.4, 0.5) is 0 Å². The Bertz CT molecular complexity index is 155. The predicted molar refractivity (Wildman–Crippen MR) is 69.5 cm³/mol. The van der Waals surface area contributed by atoms with Gasteiger partial charge in [0.05, 0.1) is 6.61 Å². The molecule has 1 saturated heterocycles. The van der Waals surface area contributed by atoms with E-state index in [1.165, 1.54) is 57.8 Å². The van der Waals surface area contributed by atoms with Crippen LogP contribution in [0, 0.1) is 5.92 Å². The van der Waals surface area contributed by atoms with Crippen molar-refractivity contribution in [2.45, 2.75) is 70.8 Å². The fourth-order valence-corrected chi connectivity index (χ4v) is 2.50. The van der Waals surface area contributed by atoms with Crippen molar-refractivity contribution in [3.8, 4) is 0 Å². The number of hydrogen-bond acceptors (Lipinski definition) is 2. The van der Waals surface area contributed by atoms with Gasteiger partial charge in [0.2, 0.25) is 0 Å². The van der Waals surface area contributed by atoms with Gasteiger partial charge in [0, 0.05) is 12.6 Å². The molecule has 96 valence electrons. The summed E-state index contributed by atoms with van der Waals surface area (Å²) >= 11 is 0. The van der Waals surface area contributed by atoms with E-state index in [0.717, 1.165) is 13.2 Å². The third kappa shape index (κ3) is 5.86. The third-order valence-corrected chi connectivity index (χ3v) is 3.69. The molecule has 0 amide bonds. The van der Waals surface area contributed by atoms with Crippen molar-refractivity contribution in [2.24, 2.45) is 11.7 Å². The zero-order valence-electron chi connectivity index (χ0n) is 10.9. The first-order valence-electron chi connectivity index (χ1n) is 7.18. The average molecular weight is 227 g/mol. The molecular formula is C14H29NO. The van der Waals surface area contributed by atoms with Gasteiger partial charge in [-0.05, 0) is 25.2 Å². The third-order valence-electron chi connectivity index (χ3n) is 3.69. The van der Waals surface area contributed by atoms with Crippen LogP contribution in [0.25, 0.3) is 0 Å². The topological polar surface area (TPSA) is 35.2 Å². The molecule has 0 aliphatic carbocycles. The highest BCUT2D eigenvalue weighted by Gasteiger charge is 2.20.